The van der Waals surface area contributed by atoms with Crippen LogP contribution < -0.4 is 4.72 Å². The van der Waals surface area contributed by atoms with Gasteiger partial charge in [0.25, 0.3) is 0 Å². The van der Waals surface area contributed by atoms with Crippen LogP contribution >= 0.6 is 0 Å². The molecule has 0 aromatic heterocycles. The van der Waals surface area contributed by atoms with Crippen LogP contribution in [-0.2, 0) is 11.3 Å². The summed E-state index contributed by atoms with van der Waals surface area (Å²) in [5, 5.41) is 2.20. The first-order valence-electron chi connectivity index (χ1n) is 7.84. The Bertz CT molecular complexity index is 806. The SMILES string of the molecule is CC(NS(=O)[O-])c1cccc2ccccc12.Cc1ccccc1C. The second-order valence-electron chi connectivity index (χ2n) is 5.73. The number of nitrogens with one attached hydrogen (secondary N) is 1. The van der Waals surface area contributed by atoms with Gasteiger partial charge in [0.05, 0.1) is 0 Å². The molecule has 3 aromatic rings. The average Bonchev–Trinajstić information content (AvgIpc) is 2.57. The number of hydrogen-bond donors (Lipinski definition) is 1. The van der Waals surface area contributed by atoms with Gasteiger partial charge in [-0.25, -0.2) is 4.72 Å². The highest BCUT2D eigenvalue weighted by Crippen LogP contribution is 2.23. The Morgan fingerprint density at radius 1 is 0.875 bits per heavy atom. The molecule has 0 heterocycles. The highest BCUT2D eigenvalue weighted by molar-refractivity contribution is 7.77. The molecule has 0 amide bonds. The summed E-state index contributed by atoms with van der Waals surface area (Å²) < 4.78 is 23.7. The van der Waals surface area contributed by atoms with E-state index >= 15 is 0 Å². The van der Waals surface area contributed by atoms with E-state index in [4.69, 9.17) is 0 Å². The molecule has 2 unspecified atom stereocenters. The Labute approximate surface area is 146 Å². The minimum absolute atomic E-state index is 0.218. The summed E-state index contributed by atoms with van der Waals surface area (Å²) in [6.45, 7) is 6.07. The minimum atomic E-state index is -2.24. The minimum Gasteiger partial charge on any atom is -0.760 e. The number of rotatable bonds is 3. The van der Waals surface area contributed by atoms with Crippen molar-refractivity contribution in [1.82, 2.24) is 4.72 Å². The highest BCUT2D eigenvalue weighted by Gasteiger charge is 2.07. The van der Waals surface area contributed by atoms with Crippen LogP contribution in [-0.4, -0.2) is 8.76 Å². The van der Waals surface area contributed by atoms with Gasteiger partial charge < -0.3 is 4.55 Å². The van der Waals surface area contributed by atoms with Crippen LogP contribution in [0.25, 0.3) is 10.8 Å². The van der Waals surface area contributed by atoms with E-state index < -0.39 is 11.3 Å². The first kappa shape index (κ1) is 18.3. The standard InChI is InChI=1S/C12H13NO2S.C8H10/c1-9(13-16(14)15)11-8-4-6-10-5-2-3-7-12(10)11;1-7-5-3-4-6-8(7)2/h2-9,13H,1H3,(H,14,15);3-6H,1-2H3/p-1. The van der Waals surface area contributed by atoms with Crippen molar-refractivity contribution in [2.24, 2.45) is 0 Å². The summed E-state index contributed by atoms with van der Waals surface area (Å²) in [6, 6.07) is 22.0. The molecule has 24 heavy (non-hydrogen) atoms. The zero-order valence-corrected chi connectivity index (χ0v) is 15.0. The maximum atomic E-state index is 10.6. The summed E-state index contributed by atoms with van der Waals surface area (Å²) in [5.41, 5.74) is 3.72. The molecule has 3 aromatic carbocycles. The van der Waals surface area contributed by atoms with Crippen molar-refractivity contribution < 1.29 is 8.76 Å². The number of benzene rings is 3. The van der Waals surface area contributed by atoms with E-state index in [-0.39, 0.29) is 6.04 Å². The van der Waals surface area contributed by atoms with Crippen molar-refractivity contribution in [3.05, 3.63) is 83.4 Å². The number of aryl methyl sites for hydroxylation is 2. The third-order valence-corrected chi connectivity index (χ3v) is 4.53. The second kappa shape index (κ2) is 8.73. The third kappa shape index (κ3) is 4.99. The average molecular weight is 340 g/mol. The Kier molecular flexibility index (Phi) is 6.67. The van der Waals surface area contributed by atoms with Crippen molar-refractivity contribution in [2.75, 3.05) is 0 Å². The third-order valence-electron chi connectivity index (χ3n) is 3.99. The van der Waals surface area contributed by atoms with Crippen molar-refractivity contribution in [2.45, 2.75) is 26.8 Å². The lowest BCUT2D eigenvalue weighted by Crippen LogP contribution is -2.20. The van der Waals surface area contributed by atoms with Gasteiger partial charge in [0.2, 0.25) is 0 Å². The summed E-state index contributed by atoms with van der Waals surface area (Å²) >= 11 is -2.24. The molecular formula is C20H22NO2S-. The van der Waals surface area contributed by atoms with Crippen LogP contribution in [0.2, 0.25) is 0 Å². The van der Waals surface area contributed by atoms with E-state index in [1.54, 1.807) is 0 Å². The Balaban J connectivity index is 0.000000219. The van der Waals surface area contributed by atoms with Crippen LogP contribution in [0.4, 0.5) is 0 Å². The molecule has 0 aliphatic heterocycles. The molecule has 1 N–H and O–H groups in total. The fourth-order valence-electron chi connectivity index (χ4n) is 2.50. The number of hydrogen-bond acceptors (Lipinski definition) is 2. The lowest BCUT2D eigenvalue weighted by Gasteiger charge is -2.17. The molecule has 0 bridgehead atoms. The van der Waals surface area contributed by atoms with Gasteiger partial charge in [-0.15, -0.1) is 0 Å². The summed E-state index contributed by atoms with van der Waals surface area (Å²) in [6.07, 6.45) is 0. The smallest absolute Gasteiger partial charge is 0.0412 e. The van der Waals surface area contributed by atoms with E-state index in [1.165, 1.54) is 11.1 Å². The molecular weight excluding hydrogens is 318 g/mol. The molecule has 0 aliphatic rings. The Morgan fingerprint density at radius 3 is 2.00 bits per heavy atom. The van der Waals surface area contributed by atoms with E-state index in [0.29, 0.717) is 0 Å². The predicted molar refractivity (Wildman–Crippen MR) is 100 cm³/mol. The van der Waals surface area contributed by atoms with Crippen LogP contribution in [0.3, 0.4) is 0 Å². The largest absolute Gasteiger partial charge is 0.760 e. The van der Waals surface area contributed by atoms with E-state index in [0.717, 1.165) is 16.3 Å². The van der Waals surface area contributed by atoms with Gasteiger partial charge in [0.1, 0.15) is 0 Å². The van der Waals surface area contributed by atoms with E-state index in [1.807, 2.05) is 49.4 Å². The van der Waals surface area contributed by atoms with Crippen LogP contribution in [0.1, 0.15) is 29.7 Å². The van der Waals surface area contributed by atoms with Crippen molar-refractivity contribution in [3.8, 4) is 0 Å². The van der Waals surface area contributed by atoms with Crippen molar-refractivity contribution >= 4 is 22.0 Å². The monoisotopic (exact) mass is 340 g/mol. The molecule has 4 heteroatoms. The van der Waals surface area contributed by atoms with E-state index in [2.05, 4.69) is 42.8 Å². The maximum Gasteiger partial charge on any atom is 0.0412 e. The Morgan fingerprint density at radius 2 is 1.42 bits per heavy atom. The maximum absolute atomic E-state index is 10.6. The van der Waals surface area contributed by atoms with Gasteiger partial charge in [0, 0.05) is 17.3 Å². The van der Waals surface area contributed by atoms with Crippen LogP contribution in [0, 0.1) is 13.8 Å². The zero-order chi connectivity index (χ0) is 17.5. The van der Waals surface area contributed by atoms with Gasteiger partial charge in [-0.3, -0.25) is 4.21 Å². The fourth-order valence-corrected chi connectivity index (χ4v) is 2.91. The van der Waals surface area contributed by atoms with Crippen molar-refractivity contribution in [1.29, 1.82) is 0 Å². The lowest BCUT2D eigenvalue weighted by atomic mass is 10.0. The lowest BCUT2D eigenvalue weighted by molar-refractivity contribution is 0.512. The molecule has 3 rings (SSSR count). The van der Waals surface area contributed by atoms with Gasteiger partial charge in [-0.05, 0) is 48.2 Å². The molecule has 126 valence electrons. The van der Waals surface area contributed by atoms with Crippen LogP contribution in [0.5, 0.6) is 0 Å². The Hall–Kier alpha value is -2.01. The van der Waals surface area contributed by atoms with Crippen LogP contribution in [0.15, 0.2) is 66.7 Å². The van der Waals surface area contributed by atoms with Gasteiger partial charge in [0.15, 0.2) is 0 Å². The highest BCUT2D eigenvalue weighted by atomic mass is 32.2. The van der Waals surface area contributed by atoms with Gasteiger partial charge in [-0.1, -0.05) is 66.7 Å². The first-order chi connectivity index (χ1) is 11.5. The number of fused-ring (bicyclic) bond motifs is 1. The molecule has 0 saturated carbocycles. The first-order valence-corrected chi connectivity index (χ1v) is 8.92. The molecule has 0 fully saturated rings. The summed E-state index contributed by atoms with van der Waals surface area (Å²) in [4.78, 5) is 0. The second-order valence-corrected chi connectivity index (χ2v) is 6.43. The fraction of sp³-hybridized carbons (Fsp3) is 0.200. The topological polar surface area (TPSA) is 52.2 Å². The molecule has 0 aliphatic carbocycles. The van der Waals surface area contributed by atoms with Gasteiger partial charge >= 0.3 is 0 Å². The normalized spacial score (nSPS) is 13.0. The quantitative estimate of drug-likeness (QED) is 0.709. The zero-order valence-electron chi connectivity index (χ0n) is 14.2. The summed E-state index contributed by atoms with van der Waals surface area (Å²) in [5.74, 6) is 0. The molecule has 0 radical (unpaired) electrons. The van der Waals surface area contributed by atoms with Crippen molar-refractivity contribution in [3.63, 3.8) is 0 Å². The summed E-state index contributed by atoms with van der Waals surface area (Å²) in [7, 11) is 0. The molecule has 2 atom stereocenters. The predicted octanol–water partition coefficient (Wildman–Crippen LogP) is 4.59. The molecule has 0 spiro atoms. The van der Waals surface area contributed by atoms with E-state index in [9.17, 15) is 8.76 Å². The van der Waals surface area contributed by atoms with Gasteiger partial charge in [-0.2, -0.15) is 0 Å². The molecule has 0 saturated heterocycles. The molecule has 3 nitrogen and oxygen atoms in total.